The van der Waals surface area contributed by atoms with E-state index in [-0.39, 0.29) is 30.0 Å². The van der Waals surface area contributed by atoms with E-state index < -0.39 is 28.7 Å². The van der Waals surface area contributed by atoms with Crippen molar-refractivity contribution in [1.29, 1.82) is 0 Å². The van der Waals surface area contributed by atoms with E-state index in [1.165, 1.54) is 36.0 Å². The first kappa shape index (κ1) is 24.8. The molecule has 1 atom stereocenters. The predicted molar refractivity (Wildman–Crippen MR) is 119 cm³/mol. The van der Waals surface area contributed by atoms with Crippen molar-refractivity contribution in [2.75, 3.05) is 11.5 Å². The number of rotatable bonds is 12. The number of carbonyl (C=O) groups excluding carboxylic acids is 3. The molecule has 0 bridgehead atoms. The van der Waals surface area contributed by atoms with Crippen LogP contribution in [-0.2, 0) is 16.1 Å². The normalized spacial score (nSPS) is 11.3. The lowest BCUT2D eigenvalue weighted by Crippen LogP contribution is -2.48. The monoisotopic (exact) mass is 460 g/mol. The van der Waals surface area contributed by atoms with Crippen LogP contribution < -0.4 is 16.1 Å². The van der Waals surface area contributed by atoms with Gasteiger partial charge in [0.25, 0.3) is 11.6 Å². The third-order valence-electron chi connectivity index (χ3n) is 4.38. The minimum Gasteiger partial charge on any atom is -0.350 e. The van der Waals surface area contributed by atoms with Gasteiger partial charge in [0.15, 0.2) is 0 Å². The Balaban J connectivity index is 2.03. The van der Waals surface area contributed by atoms with Gasteiger partial charge in [-0.2, -0.15) is 11.8 Å². The molecule has 2 aromatic rings. The zero-order valence-corrected chi connectivity index (χ0v) is 18.0. The Kier molecular flexibility index (Phi) is 10.1. The minimum atomic E-state index is -0.942. The summed E-state index contributed by atoms with van der Waals surface area (Å²) in [6.07, 6.45) is 0.588. The van der Waals surface area contributed by atoms with Crippen molar-refractivity contribution in [2.24, 2.45) is 0 Å². The van der Waals surface area contributed by atoms with Crippen LogP contribution in [0.5, 0.6) is 0 Å². The summed E-state index contributed by atoms with van der Waals surface area (Å²) in [5.74, 6) is -0.948. The van der Waals surface area contributed by atoms with Crippen LogP contribution in [0.1, 0.15) is 28.8 Å². The Morgan fingerprint density at radius 1 is 1.06 bits per heavy atom. The third kappa shape index (κ3) is 8.00. The highest BCUT2D eigenvalue weighted by Crippen LogP contribution is 2.18. The molecule has 0 aromatic heterocycles. The molecule has 0 saturated heterocycles. The number of amides is 3. The van der Waals surface area contributed by atoms with E-state index >= 15 is 0 Å². The average molecular weight is 461 g/mol. The molecule has 0 spiro atoms. The van der Waals surface area contributed by atoms with E-state index in [1.54, 1.807) is 5.48 Å². The van der Waals surface area contributed by atoms with E-state index in [4.69, 9.17) is 5.21 Å². The lowest BCUT2D eigenvalue weighted by molar-refractivity contribution is -0.385. The molecule has 11 heteroatoms. The SMILES string of the molecule is O=C(CCCSC[C@H](NC(=O)c1ccccc1[N+](=O)[O-])C(=O)NCc1ccccc1)NO. The fourth-order valence-corrected chi connectivity index (χ4v) is 3.73. The Labute approximate surface area is 188 Å². The highest BCUT2D eigenvalue weighted by atomic mass is 32.2. The van der Waals surface area contributed by atoms with E-state index in [0.29, 0.717) is 12.2 Å². The molecule has 0 saturated carbocycles. The summed E-state index contributed by atoms with van der Waals surface area (Å²) in [4.78, 5) is 47.1. The van der Waals surface area contributed by atoms with Crippen molar-refractivity contribution in [2.45, 2.75) is 25.4 Å². The van der Waals surface area contributed by atoms with Crippen molar-refractivity contribution >= 4 is 35.2 Å². The summed E-state index contributed by atoms with van der Waals surface area (Å²) in [7, 11) is 0. The van der Waals surface area contributed by atoms with Crippen LogP contribution in [0.3, 0.4) is 0 Å². The van der Waals surface area contributed by atoms with Gasteiger partial charge in [-0.3, -0.25) is 29.7 Å². The molecule has 32 heavy (non-hydrogen) atoms. The van der Waals surface area contributed by atoms with Crippen molar-refractivity contribution in [3.63, 3.8) is 0 Å². The predicted octanol–water partition coefficient (Wildman–Crippen LogP) is 2.03. The number of nitrogens with zero attached hydrogens (tertiary/aromatic N) is 1. The van der Waals surface area contributed by atoms with Crippen molar-refractivity contribution < 1.29 is 24.5 Å². The number of hydroxylamine groups is 1. The number of nitro groups is 1. The molecule has 0 aliphatic carbocycles. The van der Waals surface area contributed by atoms with E-state index in [0.717, 1.165) is 5.56 Å². The number of para-hydroxylation sites is 1. The van der Waals surface area contributed by atoms with Gasteiger partial charge in [0.2, 0.25) is 11.8 Å². The molecule has 2 aromatic carbocycles. The average Bonchev–Trinajstić information content (AvgIpc) is 2.81. The summed E-state index contributed by atoms with van der Waals surface area (Å²) in [6.45, 7) is 0.263. The Morgan fingerprint density at radius 3 is 2.44 bits per heavy atom. The molecule has 0 radical (unpaired) electrons. The van der Waals surface area contributed by atoms with Crippen LogP contribution in [0, 0.1) is 10.1 Å². The van der Waals surface area contributed by atoms with Gasteiger partial charge < -0.3 is 10.6 Å². The summed E-state index contributed by atoms with van der Waals surface area (Å²) >= 11 is 1.34. The van der Waals surface area contributed by atoms with Crippen molar-refractivity contribution in [3.05, 3.63) is 75.8 Å². The topological polar surface area (TPSA) is 151 Å². The van der Waals surface area contributed by atoms with Crippen LogP contribution in [0.15, 0.2) is 54.6 Å². The second kappa shape index (κ2) is 13.1. The van der Waals surface area contributed by atoms with Crippen LogP contribution in [0.2, 0.25) is 0 Å². The number of benzene rings is 2. The zero-order chi connectivity index (χ0) is 23.3. The molecular formula is C21H24N4O6S. The zero-order valence-electron chi connectivity index (χ0n) is 17.2. The number of thioether (sulfide) groups is 1. The first-order valence-corrected chi connectivity index (χ1v) is 10.9. The van der Waals surface area contributed by atoms with Crippen LogP contribution in [-0.4, -0.2) is 45.4 Å². The van der Waals surface area contributed by atoms with Gasteiger partial charge >= 0.3 is 0 Å². The van der Waals surface area contributed by atoms with Crippen molar-refractivity contribution in [1.82, 2.24) is 16.1 Å². The second-order valence-corrected chi connectivity index (χ2v) is 7.87. The minimum absolute atomic E-state index is 0.122. The molecule has 0 fully saturated rings. The van der Waals surface area contributed by atoms with E-state index in [1.807, 2.05) is 30.3 Å². The number of carbonyl (C=O) groups is 3. The van der Waals surface area contributed by atoms with Crippen LogP contribution >= 0.6 is 11.8 Å². The maximum absolute atomic E-state index is 12.8. The van der Waals surface area contributed by atoms with Gasteiger partial charge in [0, 0.05) is 24.8 Å². The number of hydrogen-bond acceptors (Lipinski definition) is 7. The maximum atomic E-state index is 12.8. The van der Waals surface area contributed by atoms with Gasteiger partial charge in [0.1, 0.15) is 11.6 Å². The van der Waals surface area contributed by atoms with Gasteiger partial charge in [0.05, 0.1) is 4.92 Å². The molecule has 170 valence electrons. The summed E-state index contributed by atoms with van der Waals surface area (Å²) in [6, 6.07) is 13.8. The van der Waals surface area contributed by atoms with Crippen LogP contribution in [0.25, 0.3) is 0 Å². The molecule has 10 nitrogen and oxygen atoms in total. The highest BCUT2D eigenvalue weighted by molar-refractivity contribution is 7.99. The van der Waals surface area contributed by atoms with Crippen molar-refractivity contribution in [3.8, 4) is 0 Å². The number of hydrogen-bond donors (Lipinski definition) is 4. The fraction of sp³-hybridized carbons (Fsp3) is 0.286. The second-order valence-electron chi connectivity index (χ2n) is 6.72. The Morgan fingerprint density at radius 2 is 1.75 bits per heavy atom. The number of nitrogens with one attached hydrogen (secondary N) is 3. The van der Waals surface area contributed by atoms with Gasteiger partial charge in [-0.1, -0.05) is 42.5 Å². The molecule has 3 amide bonds. The molecule has 0 unspecified atom stereocenters. The Bertz CT molecular complexity index is 941. The molecule has 0 heterocycles. The summed E-state index contributed by atoms with van der Waals surface area (Å²) in [5, 5.41) is 25.1. The summed E-state index contributed by atoms with van der Waals surface area (Å²) < 4.78 is 0. The molecule has 0 aliphatic heterocycles. The lowest BCUT2D eigenvalue weighted by atomic mass is 10.1. The number of nitro benzene ring substituents is 1. The van der Waals surface area contributed by atoms with Gasteiger partial charge in [-0.05, 0) is 23.8 Å². The smallest absolute Gasteiger partial charge is 0.282 e. The van der Waals surface area contributed by atoms with Gasteiger partial charge in [-0.15, -0.1) is 0 Å². The maximum Gasteiger partial charge on any atom is 0.282 e. The van der Waals surface area contributed by atoms with E-state index in [2.05, 4.69) is 10.6 Å². The van der Waals surface area contributed by atoms with Gasteiger partial charge in [-0.25, -0.2) is 5.48 Å². The molecule has 2 rings (SSSR count). The fourth-order valence-electron chi connectivity index (χ4n) is 2.74. The summed E-state index contributed by atoms with van der Waals surface area (Å²) in [5.41, 5.74) is 1.94. The first-order chi connectivity index (χ1) is 15.4. The highest BCUT2D eigenvalue weighted by Gasteiger charge is 2.25. The lowest BCUT2D eigenvalue weighted by Gasteiger charge is -2.18. The Hall–Kier alpha value is -3.44. The molecular weight excluding hydrogens is 436 g/mol. The third-order valence-corrected chi connectivity index (χ3v) is 5.52. The molecule has 0 aliphatic rings. The van der Waals surface area contributed by atoms with Crippen LogP contribution in [0.4, 0.5) is 5.69 Å². The largest absolute Gasteiger partial charge is 0.350 e. The first-order valence-electron chi connectivity index (χ1n) is 9.79. The quantitative estimate of drug-likeness (QED) is 0.164. The van der Waals surface area contributed by atoms with E-state index in [9.17, 15) is 24.5 Å². The standard InChI is InChI=1S/C21H24N4O6S/c26-19(24-29)11-6-12-32-14-17(21(28)22-13-15-7-2-1-3-8-15)23-20(27)16-9-4-5-10-18(16)25(30)31/h1-5,7-10,17,29H,6,11-14H2,(H,22,28)(H,23,27)(H,24,26)/t17-/m0/s1. The molecule has 4 N–H and O–H groups in total.